The quantitative estimate of drug-likeness (QED) is 0.670. The smallest absolute Gasteiger partial charge is 0.251 e. The summed E-state index contributed by atoms with van der Waals surface area (Å²) < 4.78 is 5.24. The first kappa shape index (κ1) is 18.7. The highest BCUT2D eigenvalue weighted by Gasteiger charge is 2.26. The number of anilines is 1. The van der Waals surface area contributed by atoms with E-state index in [1.165, 1.54) is 11.8 Å². The Balaban J connectivity index is 1.58. The van der Waals surface area contributed by atoms with Crippen molar-refractivity contribution in [2.75, 3.05) is 10.7 Å². The third-order valence-corrected chi connectivity index (χ3v) is 5.87. The Labute approximate surface area is 171 Å². The molecule has 142 valence electrons. The summed E-state index contributed by atoms with van der Waals surface area (Å²) in [4.78, 5) is 27.8. The number of hydrogen-bond acceptors (Lipinski definition) is 4. The van der Waals surface area contributed by atoms with Gasteiger partial charge in [-0.3, -0.25) is 9.59 Å². The molecule has 0 saturated carbocycles. The van der Waals surface area contributed by atoms with Crippen molar-refractivity contribution in [2.24, 2.45) is 0 Å². The van der Waals surface area contributed by atoms with Crippen LogP contribution in [0, 0.1) is 0 Å². The highest BCUT2D eigenvalue weighted by Crippen LogP contribution is 2.37. The molecule has 1 aliphatic heterocycles. The Bertz CT molecular complexity index is 1020. The number of amides is 2. The van der Waals surface area contributed by atoms with E-state index in [1.807, 2.05) is 24.3 Å². The number of hydrogen-bond donors (Lipinski definition) is 1. The molecule has 2 amide bonds. The third kappa shape index (κ3) is 3.93. The Morgan fingerprint density at radius 2 is 2.04 bits per heavy atom. The number of furan rings is 1. The standard InChI is InChI=1S/C21H17ClN2O3S/c22-17-6-2-1-4-15(17)12-24-18-10-14(7-8-19(18)28-13-20(24)25)21(26)23-11-16-5-3-9-27-16/h1-10H,11-13H2,(H,23,26). The lowest BCUT2D eigenvalue weighted by Crippen LogP contribution is -2.35. The van der Waals surface area contributed by atoms with E-state index < -0.39 is 0 Å². The molecule has 7 heteroatoms. The zero-order chi connectivity index (χ0) is 19.5. The van der Waals surface area contributed by atoms with Gasteiger partial charge in [0, 0.05) is 15.5 Å². The van der Waals surface area contributed by atoms with Crippen LogP contribution in [-0.4, -0.2) is 17.6 Å². The van der Waals surface area contributed by atoms with Crippen LogP contribution < -0.4 is 10.2 Å². The van der Waals surface area contributed by atoms with Gasteiger partial charge in [-0.05, 0) is 42.0 Å². The van der Waals surface area contributed by atoms with Gasteiger partial charge in [-0.15, -0.1) is 11.8 Å². The van der Waals surface area contributed by atoms with E-state index in [1.54, 1.807) is 41.5 Å². The number of nitrogens with one attached hydrogen (secondary N) is 1. The van der Waals surface area contributed by atoms with Crippen molar-refractivity contribution in [1.29, 1.82) is 0 Å². The van der Waals surface area contributed by atoms with Gasteiger partial charge in [-0.2, -0.15) is 0 Å². The lowest BCUT2D eigenvalue weighted by Gasteiger charge is -2.29. The van der Waals surface area contributed by atoms with Crippen molar-refractivity contribution in [3.8, 4) is 0 Å². The van der Waals surface area contributed by atoms with Gasteiger partial charge in [-0.25, -0.2) is 0 Å². The molecular weight excluding hydrogens is 396 g/mol. The summed E-state index contributed by atoms with van der Waals surface area (Å²) in [5.74, 6) is 0.810. The fourth-order valence-corrected chi connectivity index (χ4v) is 4.11. The first-order chi connectivity index (χ1) is 13.6. The molecule has 3 aromatic rings. The molecule has 28 heavy (non-hydrogen) atoms. The molecule has 0 atom stereocenters. The predicted octanol–water partition coefficient (Wildman–Crippen LogP) is 4.50. The molecule has 5 nitrogen and oxygen atoms in total. The van der Waals surface area contributed by atoms with Gasteiger partial charge in [0.1, 0.15) is 5.76 Å². The summed E-state index contributed by atoms with van der Waals surface area (Å²) in [6, 6.07) is 16.4. The van der Waals surface area contributed by atoms with Gasteiger partial charge >= 0.3 is 0 Å². The molecule has 0 aliphatic carbocycles. The number of carbonyl (C=O) groups is 2. The van der Waals surface area contributed by atoms with E-state index in [0.29, 0.717) is 35.2 Å². The monoisotopic (exact) mass is 412 g/mol. The van der Waals surface area contributed by atoms with Crippen LogP contribution in [0.5, 0.6) is 0 Å². The Morgan fingerprint density at radius 1 is 1.18 bits per heavy atom. The van der Waals surface area contributed by atoms with E-state index in [0.717, 1.165) is 16.1 Å². The minimum atomic E-state index is -0.222. The molecule has 1 aliphatic rings. The largest absolute Gasteiger partial charge is 0.467 e. The minimum Gasteiger partial charge on any atom is -0.467 e. The molecular formula is C21H17ClN2O3S. The zero-order valence-corrected chi connectivity index (χ0v) is 16.4. The fraction of sp³-hybridized carbons (Fsp3) is 0.143. The molecule has 2 heterocycles. The molecule has 1 N–H and O–H groups in total. The molecule has 0 radical (unpaired) electrons. The van der Waals surface area contributed by atoms with Crippen molar-refractivity contribution < 1.29 is 14.0 Å². The Morgan fingerprint density at radius 3 is 2.82 bits per heavy atom. The summed E-state index contributed by atoms with van der Waals surface area (Å²) in [6.07, 6.45) is 1.57. The fourth-order valence-electron chi connectivity index (χ4n) is 3.00. The first-order valence-corrected chi connectivity index (χ1v) is 10.1. The Kier molecular flexibility index (Phi) is 5.41. The molecule has 0 spiro atoms. The van der Waals surface area contributed by atoms with Crippen molar-refractivity contribution in [1.82, 2.24) is 5.32 Å². The second kappa shape index (κ2) is 8.12. The van der Waals surface area contributed by atoms with Gasteiger partial charge in [0.2, 0.25) is 5.91 Å². The maximum Gasteiger partial charge on any atom is 0.251 e. The highest BCUT2D eigenvalue weighted by atomic mass is 35.5. The van der Waals surface area contributed by atoms with E-state index in [9.17, 15) is 9.59 Å². The molecule has 0 bridgehead atoms. The van der Waals surface area contributed by atoms with Crippen LogP contribution in [0.25, 0.3) is 0 Å². The summed E-state index contributed by atoms with van der Waals surface area (Å²) in [5, 5.41) is 3.44. The van der Waals surface area contributed by atoms with Crippen molar-refractivity contribution in [3.05, 3.63) is 82.8 Å². The van der Waals surface area contributed by atoms with Gasteiger partial charge in [0.15, 0.2) is 0 Å². The SMILES string of the molecule is O=C(NCc1ccco1)c1ccc2c(c1)N(Cc1ccccc1Cl)C(=O)CS2. The molecule has 1 aromatic heterocycles. The average Bonchev–Trinajstić information content (AvgIpc) is 3.23. The number of carbonyl (C=O) groups excluding carboxylic acids is 2. The highest BCUT2D eigenvalue weighted by molar-refractivity contribution is 8.00. The average molecular weight is 413 g/mol. The van der Waals surface area contributed by atoms with Crippen LogP contribution in [0.1, 0.15) is 21.7 Å². The lowest BCUT2D eigenvalue weighted by atomic mass is 10.1. The first-order valence-electron chi connectivity index (χ1n) is 8.73. The lowest BCUT2D eigenvalue weighted by molar-refractivity contribution is -0.116. The maximum atomic E-state index is 12.6. The number of benzene rings is 2. The van der Waals surface area contributed by atoms with Gasteiger partial charge in [-0.1, -0.05) is 29.8 Å². The van der Waals surface area contributed by atoms with Gasteiger partial charge in [0.05, 0.1) is 30.8 Å². The van der Waals surface area contributed by atoms with Crippen LogP contribution in [0.3, 0.4) is 0 Å². The number of nitrogens with zero attached hydrogens (tertiary/aromatic N) is 1. The predicted molar refractivity (Wildman–Crippen MR) is 110 cm³/mol. The van der Waals surface area contributed by atoms with Crippen molar-refractivity contribution >= 4 is 40.9 Å². The van der Waals surface area contributed by atoms with Crippen LogP contribution >= 0.6 is 23.4 Å². The summed E-state index contributed by atoms with van der Waals surface area (Å²) in [6.45, 7) is 0.670. The minimum absolute atomic E-state index is 0.00874. The molecule has 0 fully saturated rings. The van der Waals surface area contributed by atoms with E-state index in [2.05, 4.69) is 5.32 Å². The molecule has 0 unspecified atom stereocenters. The summed E-state index contributed by atoms with van der Waals surface area (Å²) in [7, 11) is 0. The normalized spacial score (nSPS) is 13.3. The second-order valence-electron chi connectivity index (χ2n) is 6.30. The van der Waals surface area contributed by atoms with Crippen LogP contribution in [0.4, 0.5) is 5.69 Å². The number of thioether (sulfide) groups is 1. The number of fused-ring (bicyclic) bond motifs is 1. The maximum absolute atomic E-state index is 12.6. The summed E-state index contributed by atoms with van der Waals surface area (Å²) in [5.41, 5.74) is 2.08. The van der Waals surface area contributed by atoms with Crippen molar-refractivity contribution in [3.63, 3.8) is 0 Å². The second-order valence-corrected chi connectivity index (χ2v) is 7.73. The molecule has 4 rings (SSSR count). The molecule has 2 aromatic carbocycles. The van der Waals surface area contributed by atoms with Crippen LogP contribution in [-0.2, 0) is 17.9 Å². The van der Waals surface area contributed by atoms with E-state index >= 15 is 0 Å². The van der Waals surface area contributed by atoms with Crippen LogP contribution in [0.2, 0.25) is 5.02 Å². The number of rotatable bonds is 5. The molecule has 0 saturated heterocycles. The van der Waals surface area contributed by atoms with E-state index in [4.69, 9.17) is 16.0 Å². The zero-order valence-electron chi connectivity index (χ0n) is 14.9. The third-order valence-electron chi connectivity index (χ3n) is 4.45. The summed E-state index contributed by atoms with van der Waals surface area (Å²) >= 11 is 7.75. The topological polar surface area (TPSA) is 62.6 Å². The van der Waals surface area contributed by atoms with Crippen LogP contribution in [0.15, 0.2) is 70.2 Å². The Hall–Kier alpha value is -2.70. The van der Waals surface area contributed by atoms with E-state index in [-0.39, 0.29) is 11.8 Å². The number of halogens is 1. The van der Waals surface area contributed by atoms with Gasteiger partial charge in [0.25, 0.3) is 5.91 Å². The van der Waals surface area contributed by atoms with Gasteiger partial charge < -0.3 is 14.6 Å². The van der Waals surface area contributed by atoms with Crippen molar-refractivity contribution in [2.45, 2.75) is 18.0 Å².